The Morgan fingerprint density at radius 3 is 2.38 bits per heavy atom. The van der Waals surface area contributed by atoms with Crippen LogP contribution in [-0.4, -0.2) is 141 Å². The lowest BCUT2D eigenvalue weighted by Gasteiger charge is -2.48. The van der Waals surface area contributed by atoms with Gasteiger partial charge in [0.2, 0.25) is 0 Å². The summed E-state index contributed by atoms with van der Waals surface area (Å²) >= 11 is 0. The van der Waals surface area contributed by atoms with Gasteiger partial charge in [-0.3, -0.25) is 4.79 Å². The molecular weight excluding hydrogens is 672 g/mol. The summed E-state index contributed by atoms with van der Waals surface area (Å²) in [4.78, 5) is 14.0. The number of carbonyl (C=O) groups excluding carboxylic acids is 1. The van der Waals surface area contributed by atoms with Crippen LogP contribution in [0.5, 0.6) is 0 Å². The molecule has 52 heavy (non-hydrogen) atoms. The lowest BCUT2D eigenvalue weighted by molar-refractivity contribution is -0.283. The maximum absolute atomic E-state index is 14.0. The van der Waals surface area contributed by atoms with Crippen LogP contribution in [0, 0.1) is 17.8 Å². The molecule has 0 aromatic rings. The van der Waals surface area contributed by atoms with Crippen LogP contribution in [0.15, 0.2) is 24.3 Å². The van der Waals surface area contributed by atoms with E-state index >= 15 is 0 Å². The summed E-state index contributed by atoms with van der Waals surface area (Å²) in [5, 5.41) is 20.1. The van der Waals surface area contributed by atoms with Gasteiger partial charge < -0.3 is 52.8 Å². The van der Waals surface area contributed by atoms with Gasteiger partial charge in [-0.05, 0) is 62.0 Å². The van der Waals surface area contributed by atoms with E-state index in [1.807, 2.05) is 0 Å². The Balaban J connectivity index is 1.02. The molecule has 292 valence electrons. The first-order valence-electron chi connectivity index (χ1n) is 20.0. The minimum atomic E-state index is -0.950. The molecule has 0 saturated carbocycles. The van der Waals surface area contributed by atoms with Gasteiger partial charge in [-0.15, -0.1) is 0 Å². The zero-order chi connectivity index (χ0) is 36.1. The van der Waals surface area contributed by atoms with E-state index in [9.17, 15) is 15.0 Å². The number of ketones is 1. The van der Waals surface area contributed by atoms with E-state index < -0.39 is 18.3 Å². The number of ether oxygens (including phenoxy) is 9. The van der Waals surface area contributed by atoms with Crippen molar-refractivity contribution < 1.29 is 57.6 Å². The summed E-state index contributed by atoms with van der Waals surface area (Å²) in [6.45, 7) is 12.3. The molecule has 18 atom stereocenters. The highest BCUT2D eigenvalue weighted by atomic mass is 16.7. The Kier molecular flexibility index (Phi) is 11.6. The Labute approximate surface area is 307 Å². The normalized spacial score (nSPS) is 49.2. The molecule has 10 saturated heterocycles. The van der Waals surface area contributed by atoms with E-state index in [-0.39, 0.29) is 123 Å². The van der Waals surface area contributed by atoms with Crippen LogP contribution < -0.4 is 0 Å². The molecule has 10 rings (SSSR count). The highest BCUT2D eigenvalue weighted by molar-refractivity contribution is 5.79. The molecule has 2 N–H and O–H groups in total. The fourth-order valence-electron chi connectivity index (χ4n) is 10.6. The van der Waals surface area contributed by atoms with Crippen molar-refractivity contribution in [1.82, 2.24) is 0 Å². The number of Topliss-reactive ketones (excluding diaryl/α,β-unsaturated/α-hetero) is 1. The van der Waals surface area contributed by atoms with Crippen LogP contribution in [0.25, 0.3) is 0 Å². The summed E-state index contributed by atoms with van der Waals surface area (Å²) in [5.74, 6) is 0.174. The van der Waals surface area contributed by atoms with Crippen LogP contribution in [0.4, 0.5) is 0 Å². The molecule has 0 aromatic heterocycles. The first kappa shape index (κ1) is 37.6. The fourth-order valence-corrected chi connectivity index (χ4v) is 10.6. The van der Waals surface area contributed by atoms with Crippen LogP contribution >= 0.6 is 0 Å². The van der Waals surface area contributed by atoms with Crippen LogP contribution in [-0.2, 0) is 47.4 Å². The molecule has 10 aliphatic heterocycles. The van der Waals surface area contributed by atoms with Crippen molar-refractivity contribution in [3.8, 4) is 0 Å². The minimum absolute atomic E-state index is 0.00528. The zero-order valence-corrected chi connectivity index (χ0v) is 30.9. The van der Waals surface area contributed by atoms with Gasteiger partial charge in [0.1, 0.15) is 24.1 Å². The number of aliphatic hydroxyl groups excluding tert-OH is 2. The first-order chi connectivity index (χ1) is 25.2. The molecule has 0 spiro atoms. The van der Waals surface area contributed by atoms with Gasteiger partial charge in [0, 0.05) is 51.2 Å². The molecule has 10 fully saturated rings. The summed E-state index contributed by atoms with van der Waals surface area (Å²) in [6, 6.07) is 0. The van der Waals surface area contributed by atoms with Crippen molar-refractivity contribution in [2.75, 3.05) is 33.5 Å². The summed E-state index contributed by atoms with van der Waals surface area (Å²) in [7, 11) is 1.63. The maximum Gasteiger partial charge on any atom is 0.135 e. The molecule has 0 radical (unpaired) electrons. The molecule has 0 amide bonds. The molecule has 0 aromatic carbocycles. The lowest BCUT2D eigenvalue weighted by atomic mass is 9.81. The van der Waals surface area contributed by atoms with Crippen molar-refractivity contribution in [3.05, 3.63) is 24.3 Å². The predicted molar refractivity (Wildman–Crippen MR) is 187 cm³/mol. The zero-order valence-electron chi connectivity index (χ0n) is 30.9. The topological polar surface area (TPSA) is 141 Å². The Morgan fingerprint density at radius 2 is 1.56 bits per heavy atom. The van der Waals surface area contributed by atoms with E-state index in [0.717, 1.165) is 56.1 Å². The molecule has 10 aliphatic rings. The third-order valence-corrected chi connectivity index (χ3v) is 13.4. The molecule has 12 heteroatoms. The van der Waals surface area contributed by atoms with Gasteiger partial charge in [0.05, 0.1) is 93.1 Å². The quantitative estimate of drug-likeness (QED) is 0.411. The summed E-state index contributed by atoms with van der Waals surface area (Å²) in [6.07, 6.45) is 3.31. The number of aliphatic hydroxyl groups is 2. The van der Waals surface area contributed by atoms with E-state index in [1.165, 1.54) is 0 Å². The van der Waals surface area contributed by atoms with Gasteiger partial charge in [-0.25, -0.2) is 0 Å². The van der Waals surface area contributed by atoms with Crippen LogP contribution in [0.1, 0.15) is 77.6 Å². The third-order valence-electron chi connectivity index (χ3n) is 13.4. The van der Waals surface area contributed by atoms with Gasteiger partial charge in [-0.2, -0.15) is 0 Å². The van der Waals surface area contributed by atoms with Crippen molar-refractivity contribution in [3.63, 3.8) is 0 Å². The lowest BCUT2D eigenvalue weighted by Crippen LogP contribution is -2.62. The SMILES string of the molecule is C=C1C[C@@H]2CCOC[C@H]3[C@@H]4O[C@H]5CC[C@H](CC(=O)CC6[C@H](C[C@H]7O[C@@H](CC[C@@H]1O2)C[C@@H](C)C7=C)O[C@H](C[C@H](O)CO)[C@@H]6OC)O[C@@H]5[C@@H]1OC[C@@H]3O[C@@H]14. The summed E-state index contributed by atoms with van der Waals surface area (Å²) < 4.78 is 58.4. The molecule has 10 heterocycles. The van der Waals surface area contributed by atoms with Crippen molar-refractivity contribution in [1.29, 1.82) is 0 Å². The van der Waals surface area contributed by atoms with Gasteiger partial charge in [0.25, 0.3) is 0 Å². The number of carbonyl (C=O) groups is 1. The number of fused-ring (bicyclic) bond motifs is 2. The largest absolute Gasteiger partial charge is 0.394 e. The van der Waals surface area contributed by atoms with Crippen LogP contribution in [0.2, 0.25) is 0 Å². The monoisotopic (exact) mass is 732 g/mol. The van der Waals surface area contributed by atoms with Gasteiger partial charge in [-0.1, -0.05) is 20.1 Å². The number of hydrogen-bond donors (Lipinski definition) is 2. The highest BCUT2D eigenvalue weighted by Gasteiger charge is 2.61. The average molecular weight is 733 g/mol. The first-order valence-corrected chi connectivity index (χ1v) is 20.0. The second kappa shape index (κ2) is 16.1. The van der Waals surface area contributed by atoms with Crippen molar-refractivity contribution >= 4 is 5.78 Å². The second-order valence-electron chi connectivity index (χ2n) is 16.9. The van der Waals surface area contributed by atoms with Crippen LogP contribution in [0.3, 0.4) is 0 Å². The van der Waals surface area contributed by atoms with Crippen molar-refractivity contribution in [2.45, 2.75) is 169 Å². The second-order valence-corrected chi connectivity index (χ2v) is 16.9. The van der Waals surface area contributed by atoms with Gasteiger partial charge in [0.15, 0.2) is 0 Å². The molecule has 0 aliphatic carbocycles. The van der Waals surface area contributed by atoms with Crippen molar-refractivity contribution in [2.24, 2.45) is 17.8 Å². The number of rotatable bonds is 4. The van der Waals surface area contributed by atoms with E-state index in [0.29, 0.717) is 26.2 Å². The molecule has 12 nitrogen and oxygen atoms in total. The predicted octanol–water partition coefficient (Wildman–Crippen LogP) is 3.23. The number of methoxy groups -OCH3 is 1. The highest BCUT2D eigenvalue weighted by Crippen LogP contribution is 2.46. The summed E-state index contributed by atoms with van der Waals surface area (Å²) in [5.41, 5.74) is 2.17. The Hall–Kier alpha value is -1.29. The fraction of sp³-hybridized carbons (Fsp3) is 0.875. The average Bonchev–Trinajstić information content (AvgIpc) is 3.75. The Bertz CT molecular complexity index is 1290. The van der Waals surface area contributed by atoms with Gasteiger partial charge >= 0.3 is 0 Å². The smallest absolute Gasteiger partial charge is 0.135 e. The third kappa shape index (κ3) is 7.61. The Morgan fingerprint density at radius 1 is 0.769 bits per heavy atom. The van der Waals surface area contributed by atoms with E-state index in [4.69, 9.17) is 42.6 Å². The van der Waals surface area contributed by atoms with E-state index in [2.05, 4.69) is 20.1 Å². The molecule has 11 bridgehead atoms. The maximum atomic E-state index is 14.0. The standard InChI is InChI=1S/C40H60O12/c1-20-11-25-5-7-30-21(2)12-27(47-30)9-10-45-18-29-35-19-46-39-38-31(51-37(29)40(39)52-35)8-6-26(49-38)13-23(42)14-28-33(16-32(48-25)22(20)3)50-34(36(28)44-4)15-24(43)17-41/h20,24-41,43H,2-3,5-19H2,1,4H3/t20-,24+,25+,26-,27+,28?,29-,30+,31+,32-,33+,34-,35+,36-,37+,38+,39+,40-/m1/s1. The number of hydrogen-bond acceptors (Lipinski definition) is 12. The molecule has 1 unspecified atom stereocenters. The molecular formula is C40H60O12. The van der Waals surface area contributed by atoms with E-state index in [1.54, 1.807) is 7.11 Å². The minimum Gasteiger partial charge on any atom is -0.394 e.